The van der Waals surface area contributed by atoms with Crippen molar-refractivity contribution in [3.63, 3.8) is 0 Å². The molecule has 1 aliphatic rings. The SMILES string of the molecule is CC(C)[C@](C)(C#N)NS(=O)(=O)c1ccc(C2CCCCC2)cc1. The molecule has 23 heavy (non-hydrogen) atoms. The number of hydrogen-bond donors (Lipinski definition) is 1. The molecule has 5 heteroatoms. The molecule has 126 valence electrons. The lowest BCUT2D eigenvalue weighted by Crippen LogP contribution is -2.48. The molecule has 1 atom stereocenters. The minimum absolute atomic E-state index is 0.121. The Kier molecular flexibility index (Phi) is 5.49. The highest BCUT2D eigenvalue weighted by Gasteiger charge is 2.33. The predicted molar refractivity (Wildman–Crippen MR) is 91.4 cm³/mol. The number of hydrogen-bond acceptors (Lipinski definition) is 3. The van der Waals surface area contributed by atoms with Crippen LogP contribution in [-0.2, 0) is 10.0 Å². The fourth-order valence-electron chi connectivity index (χ4n) is 2.96. The first-order valence-corrected chi connectivity index (χ1v) is 9.82. The molecule has 1 aromatic rings. The number of nitriles is 1. The van der Waals surface area contributed by atoms with E-state index in [1.807, 2.05) is 26.0 Å². The van der Waals surface area contributed by atoms with Gasteiger partial charge in [-0.15, -0.1) is 0 Å². The molecule has 0 aromatic heterocycles. The maximum atomic E-state index is 12.5. The Morgan fingerprint density at radius 3 is 2.22 bits per heavy atom. The Bertz CT molecular complexity index is 668. The van der Waals surface area contributed by atoms with Crippen molar-refractivity contribution in [1.29, 1.82) is 5.26 Å². The van der Waals surface area contributed by atoms with Gasteiger partial charge in [0.2, 0.25) is 10.0 Å². The van der Waals surface area contributed by atoms with Gasteiger partial charge < -0.3 is 0 Å². The molecule has 2 rings (SSSR count). The van der Waals surface area contributed by atoms with Crippen LogP contribution >= 0.6 is 0 Å². The van der Waals surface area contributed by atoms with E-state index < -0.39 is 15.6 Å². The second-order valence-corrected chi connectivity index (χ2v) is 8.66. The van der Waals surface area contributed by atoms with Gasteiger partial charge in [-0.3, -0.25) is 0 Å². The number of benzene rings is 1. The lowest BCUT2D eigenvalue weighted by atomic mass is 9.84. The highest BCUT2D eigenvalue weighted by Crippen LogP contribution is 2.33. The lowest BCUT2D eigenvalue weighted by molar-refractivity contribution is 0.388. The van der Waals surface area contributed by atoms with Crippen LogP contribution in [0.3, 0.4) is 0 Å². The van der Waals surface area contributed by atoms with Crippen LogP contribution in [0.1, 0.15) is 64.4 Å². The zero-order valence-corrected chi connectivity index (χ0v) is 15.0. The zero-order chi connectivity index (χ0) is 17.1. The predicted octanol–water partition coefficient (Wildman–Crippen LogP) is 3.95. The summed E-state index contributed by atoms with van der Waals surface area (Å²) >= 11 is 0. The lowest BCUT2D eigenvalue weighted by Gasteiger charge is -2.27. The van der Waals surface area contributed by atoms with E-state index in [-0.39, 0.29) is 10.8 Å². The fourth-order valence-corrected chi connectivity index (χ4v) is 4.41. The summed E-state index contributed by atoms with van der Waals surface area (Å²) in [5.41, 5.74) is 0.108. The van der Waals surface area contributed by atoms with Gasteiger partial charge in [0.05, 0.1) is 11.0 Å². The van der Waals surface area contributed by atoms with Gasteiger partial charge in [0.25, 0.3) is 0 Å². The quantitative estimate of drug-likeness (QED) is 0.886. The molecule has 1 aliphatic carbocycles. The third-order valence-corrected chi connectivity index (χ3v) is 6.59. The van der Waals surface area contributed by atoms with Gasteiger partial charge in [-0.1, -0.05) is 45.2 Å². The molecule has 0 aliphatic heterocycles. The minimum atomic E-state index is -3.70. The summed E-state index contributed by atoms with van der Waals surface area (Å²) in [5.74, 6) is 0.428. The molecule has 4 nitrogen and oxygen atoms in total. The zero-order valence-electron chi connectivity index (χ0n) is 14.2. The van der Waals surface area contributed by atoms with Gasteiger partial charge in [0.1, 0.15) is 5.54 Å². The van der Waals surface area contributed by atoms with Crippen LogP contribution in [0.2, 0.25) is 0 Å². The maximum absolute atomic E-state index is 12.5. The third kappa shape index (κ3) is 4.13. The molecular formula is C18H26N2O2S. The van der Waals surface area contributed by atoms with E-state index in [0.29, 0.717) is 5.92 Å². The van der Waals surface area contributed by atoms with Crippen LogP contribution in [0.4, 0.5) is 0 Å². The van der Waals surface area contributed by atoms with Gasteiger partial charge >= 0.3 is 0 Å². The van der Waals surface area contributed by atoms with E-state index in [1.165, 1.54) is 37.7 Å². The van der Waals surface area contributed by atoms with Crippen LogP contribution in [0.5, 0.6) is 0 Å². The summed E-state index contributed by atoms with van der Waals surface area (Å²) in [6.07, 6.45) is 6.17. The molecule has 0 heterocycles. The van der Waals surface area contributed by atoms with Gasteiger partial charge in [0.15, 0.2) is 0 Å². The molecule has 1 fully saturated rings. The number of nitrogens with one attached hydrogen (secondary N) is 1. The number of sulfonamides is 1. The summed E-state index contributed by atoms with van der Waals surface area (Å²) in [6.45, 7) is 5.28. The first kappa shape index (κ1) is 18.0. The van der Waals surface area contributed by atoms with Gasteiger partial charge in [-0.05, 0) is 49.3 Å². The molecular weight excluding hydrogens is 308 g/mol. The van der Waals surface area contributed by atoms with Crippen LogP contribution in [0, 0.1) is 17.2 Å². The normalized spacial score (nSPS) is 19.3. The summed E-state index contributed by atoms with van der Waals surface area (Å²) in [5, 5.41) is 9.30. The average Bonchev–Trinajstić information content (AvgIpc) is 2.55. The molecule has 0 saturated heterocycles. The second kappa shape index (κ2) is 7.02. The van der Waals surface area contributed by atoms with Gasteiger partial charge in [0, 0.05) is 0 Å². The topological polar surface area (TPSA) is 70.0 Å². The van der Waals surface area contributed by atoms with Crippen LogP contribution in [0.25, 0.3) is 0 Å². The second-order valence-electron chi connectivity index (χ2n) is 6.98. The summed E-state index contributed by atoms with van der Waals surface area (Å²) in [6, 6.07) is 9.23. The molecule has 1 N–H and O–H groups in total. The molecule has 0 radical (unpaired) electrons. The first-order valence-electron chi connectivity index (χ1n) is 8.34. The van der Waals surface area contributed by atoms with E-state index in [9.17, 15) is 13.7 Å². The van der Waals surface area contributed by atoms with Crippen molar-refractivity contribution >= 4 is 10.0 Å². The summed E-state index contributed by atoms with van der Waals surface area (Å²) < 4.78 is 27.6. The average molecular weight is 334 g/mol. The van der Waals surface area contributed by atoms with Crippen molar-refractivity contribution in [2.45, 2.75) is 69.2 Å². The van der Waals surface area contributed by atoms with Crippen LogP contribution < -0.4 is 4.72 Å². The standard InChI is InChI=1S/C18H26N2O2S/c1-14(2)18(3,13-19)20-23(21,22)17-11-9-16(10-12-17)15-7-5-4-6-8-15/h9-12,14-15,20H,4-8H2,1-3H3/t18-/m0/s1. The Hall–Kier alpha value is -1.38. The van der Waals surface area contributed by atoms with E-state index >= 15 is 0 Å². The Labute approximate surface area is 140 Å². The molecule has 0 amide bonds. The Morgan fingerprint density at radius 1 is 1.17 bits per heavy atom. The van der Waals surface area contributed by atoms with E-state index in [2.05, 4.69) is 10.8 Å². The summed E-state index contributed by atoms with van der Waals surface area (Å²) in [7, 11) is -3.70. The largest absolute Gasteiger partial charge is 0.241 e. The van der Waals surface area contributed by atoms with Crippen molar-refractivity contribution in [3.05, 3.63) is 29.8 Å². The molecule has 0 bridgehead atoms. The Morgan fingerprint density at radius 2 is 1.74 bits per heavy atom. The number of nitrogens with zero attached hydrogens (tertiary/aromatic N) is 1. The van der Waals surface area contributed by atoms with Crippen molar-refractivity contribution in [2.75, 3.05) is 0 Å². The molecule has 0 unspecified atom stereocenters. The summed E-state index contributed by atoms with van der Waals surface area (Å²) in [4.78, 5) is 0.221. The first-order chi connectivity index (χ1) is 10.8. The highest BCUT2D eigenvalue weighted by atomic mass is 32.2. The van der Waals surface area contributed by atoms with Crippen LogP contribution in [-0.4, -0.2) is 14.0 Å². The monoisotopic (exact) mass is 334 g/mol. The fraction of sp³-hybridized carbons (Fsp3) is 0.611. The van der Waals surface area contributed by atoms with E-state index in [4.69, 9.17) is 0 Å². The molecule has 1 aromatic carbocycles. The minimum Gasteiger partial charge on any atom is -0.207 e. The van der Waals surface area contributed by atoms with Crippen molar-refractivity contribution in [2.24, 2.45) is 5.92 Å². The van der Waals surface area contributed by atoms with Crippen molar-refractivity contribution in [1.82, 2.24) is 4.72 Å². The highest BCUT2D eigenvalue weighted by molar-refractivity contribution is 7.89. The van der Waals surface area contributed by atoms with Gasteiger partial charge in [-0.2, -0.15) is 9.98 Å². The Balaban J connectivity index is 2.19. The number of rotatable bonds is 5. The van der Waals surface area contributed by atoms with Crippen LogP contribution in [0.15, 0.2) is 29.2 Å². The molecule has 0 spiro atoms. The molecule has 1 saturated carbocycles. The third-order valence-electron chi connectivity index (χ3n) is 5.00. The smallest absolute Gasteiger partial charge is 0.207 e. The van der Waals surface area contributed by atoms with Gasteiger partial charge in [-0.25, -0.2) is 8.42 Å². The van der Waals surface area contributed by atoms with E-state index in [1.54, 1.807) is 19.1 Å². The van der Waals surface area contributed by atoms with E-state index in [0.717, 1.165) is 0 Å². The van der Waals surface area contributed by atoms with Crippen molar-refractivity contribution < 1.29 is 8.42 Å². The van der Waals surface area contributed by atoms with Crippen molar-refractivity contribution in [3.8, 4) is 6.07 Å². The maximum Gasteiger partial charge on any atom is 0.241 e.